The molecule has 1 fully saturated rings. The van der Waals surface area contributed by atoms with Crippen molar-refractivity contribution in [1.29, 1.82) is 0 Å². The fourth-order valence-corrected chi connectivity index (χ4v) is 4.99. The molecule has 0 aliphatic carbocycles. The van der Waals surface area contributed by atoms with Gasteiger partial charge in [0.15, 0.2) is 23.0 Å². The SMILES string of the molecule is COc1ccc(CNc2ncc(CN3CCN(c4ccccc4)CC3)c3nc(-c4ccncc4)nn23)cc1OC. The van der Waals surface area contributed by atoms with Crippen LogP contribution in [0.1, 0.15) is 11.1 Å². The van der Waals surface area contributed by atoms with Gasteiger partial charge in [0.05, 0.1) is 14.2 Å². The van der Waals surface area contributed by atoms with Crippen molar-refractivity contribution in [3.05, 3.63) is 90.4 Å². The number of ether oxygens (including phenoxy) is 2. The summed E-state index contributed by atoms with van der Waals surface area (Å²) in [7, 11) is 3.27. The number of anilines is 2. The van der Waals surface area contributed by atoms with E-state index in [9.17, 15) is 0 Å². The quantitative estimate of drug-likeness (QED) is 0.298. The fraction of sp³-hybridized carbons (Fsp3) is 0.267. The molecule has 1 N–H and O–H groups in total. The maximum absolute atomic E-state index is 5.46. The van der Waals surface area contributed by atoms with Crippen LogP contribution in [0.2, 0.25) is 0 Å². The molecule has 40 heavy (non-hydrogen) atoms. The van der Waals surface area contributed by atoms with Crippen LogP contribution in [0.25, 0.3) is 17.0 Å². The van der Waals surface area contributed by atoms with Crippen LogP contribution in [-0.4, -0.2) is 69.9 Å². The van der Waals surface area contributed by atoms with Gasteiger partial charge in [-0.2, -0.15) is 4.52 Å². The Morgan fingerprint density at radius 1 is 0.875 bits per heavy atom. The normalized spacial score (nSPS) is 13.9. The zero-order chi connectivity index (χ0) is 27.3. The minimum absolute atomic E-state index is 0.535. The van der Waals surface area contributed by atoms with Crippen molar-refractivity contribution in [2.45, 2.75) is 13.1 Å². The first-order valence-corrected chi connectivity index (χ1v) is 13.3. The van der Waals surface area contributed by atoms with Crippen molar-refractivity contribution in [3.63, 3.8) is 0 Å². The lowest BCUT2D eigenvalue weighted by Gasteiger charge is -2.36. The van der Waals surface area contributed by atoms with Gasteiger partial charge in [-0.25, -0.2) is 9.97 Å². The topological polar surface area (TPSA) is 92.9 Å². The van der Waals surface area contributed by atoms with Crippen molar-refractivity contribution < 1.29 is 9.47 Å². The van der Waals surface area contributed by atoms with Gasteiger partial charge in [0.25, 0.3) is 0 Å². The molecule has 2 aromatic carbocycles. The van der Waals surface area contributed by atoms with E-state index in [0.717, 1.165) is 55.1 Å². The number of piperazine rings is 1. The molecule has 6 rings (SSSR count). The summed E-state index contributed by atoms with van der Waals surface area (Å²) in [4.78, 5) is 18.7. The van der Waals surface area contributed by atoms with Crippen molar-refractivity contribution in [3.8, 4) is 22.9 Å². The minimum atomic E-state index is 0.535. The first-order chi connectivity index (χ1) is 19.7. The molecular formula is C30H32N8O2. The Labute approximate surface area is 233 Å². The molecule has 1 saturated heterocycles. The van der Waals surface area contributed by atoms with Gasteiger partial charge in [-0.3, -0.25) is 9.88 Å². The molecule has 0 amide bonds. The van der Waals surface area contributed by atoms with Gasteiger partial charge < -0.3 is 19.7 Å². The summed E-state index contributed by atoms with van der Waals surface area (Å²) in [5.74, 6) is 2.64. The molecule has 0 radical (unpaired) electrons. The second kappa shape index (κ2) is 11.6. The van der Waals surface area contributed by atoms with Crippen molar-refractivity contribution in [2.75, 3.05) is 50.6 Å². The number of pyridine rings is 1. The maximum Gasteiger partial charge on any atom is 0.226 e. The first kappa shape index (κ1) is 25.6. The van der Waals surface area contributed by atoms with Crippen molar-refractivity contribution in [2.24, 2.45) is 0 Å². The zero-order valence-corrected chi connectivity index (χ0v) is 22.7. The molecule has 5 aromatic rings. The number of para-hydroxylation sites is 1. The van der Waals surface area contributed by atoms with Crippen LogP contribution in [0.15, 0.2) is 79.3 Å². The first-order valence-electron chi connectivity index (χ1n) is 13.3. The number of fused-ring (bicyclic) bond motifs is 1. The average Bonchev–Trinajstić information content (AvgIpc) is 3.48. The Bertz CT molecular complexity index is 1570. The number of methoxy groups -OCH3 is 2. The molecule has 0 unspecified atom stereocenters. The third kappa shape index (κ3) is 5.39. The smallest absolute Gasteiger partial charge is 0.226 e. The molecular weight excluding hydrogens is 504 g/mol. The Morgan fingerprint density at radius 2 is 1.65 bits per heavy atom. The lowest BCUT2D eigenvalue weighted by molar-refractivity contribution is 0.250. The number of benzene rings is 2. The predicted molar refractivity (Wildman–Crippen MR) is 155 cm³/mol. The van der Waals surface area contributed by atoms with Crippen LogP contribution < -0.4 is 19.7 Å². The minimum Gasteiger partial charge on any atom is -0.493 e. The highest BCUT2D eigenvalue weighted by Crippen LogP contribution is 2.28. The lowest BCUT2D eigenvalue weighted by Crippen LogP contribution is -2.46. The van der Waals surface area contributed by atoms with Gasteiger partial charge in [0.2, 0.25) is 5.95 Å². The molecule has 0 bridgehead atoms. The Kier molecular flexibility index (Phi) is 7.41. The predicted octanol–water partition coefficient (Wildman–Crippen LogP) is 4.14. The molecule has 10 nitrogen and oxygen atoms in total. The molecule has 3 aromatic heterocycles. The standard InChI is InChI=1S/C30H32N8O2/c1-39-26-9-8-22(18-27(26)40-2)19-32-30-33-20-24(29-34-28(35-38(29)30)23-10-12-31-13-11-23)21-36-14-16-37(17-15-36)25-6-4-3-5-7-25/h3-13,18,20H,14-17,19,21H2,1-2H3,(H,32,33). The second-order valence-corrected chi connectivity index (χ2v) is 9.66. The van der Waals surface area contributed by atoms with E-state index < -0.39 is 0 Å². The van der Waals surface area contributed by atoms with E-state index in [1.165, 1.54) is 5.69 Å². The van der Waals surface area contributed by atoms with Crippen LogP contribution in [0.5, 0.6) is 11.5 Å². The summed E-state index contributed by atoms with van der Waals surface area (Å²) in [5, 5.41) is 8.28. The van der Waals surface area contributed by atoms with Crippen molar-refractivity contribution >= 4 is 17.3 Å². The number of nitrogens with one attached hydrogen (secondary N) is 1. The molecule has 1 aliphatic heterocycles. The largest absolute Gasteiger partial charge is 0.493 e. The van der Waals surface area contributed by atoms with Crippen molar-refractivity contribution in [1.82, 2.24) is 29.5 Å². The summed E-state index contributed by atoms with van der Waals surface area (Å²) < 4.78 is 12.6. The Balaban J connectivity index is 1.24. The number of nitrogens with zero attached hydrogens (tertiary/aromatic N) is 7. The van der Waals surface area contributed by atoms with E-state index in [1.807, 2.05) is 41.0 Å². The summed E-state index contributed by atoms with van der Waals surface area (Å²) in [6, 6.07) is 20.3. The Hall–Kier alpha value is -4.70. The monoisotopic (exact) mass is 536 g/mol. The van der Waals surface area contributed by atoms with Crippen LogP contribution in [0.3, 0.4) is 0 Å². The molecule has 0 saturated carbocycles. The zero-order valence-electron chi connectivity index (χ0n) is 22.7. The van der Waals surface area contributed by atoms with Gasteiger partial charge in [0, 0.05) is 74.7 Å². The molecule has 1 aliphatic rings. The van der Waals surface area contributed by atoms with Gasteiger partial charge in [-0.1, -0.05) is 24.3 Å². The number of hydrogen-bond donors (Lipinski definition) is 1. The second-order valence-electron chi connectivity index (χ2n) is 9.66. The Morgan fingerprint density at radius 3 is 2.40 bits per heavy atom. The van der Waals surface area contributed by atoms with Crippen LogP contribution >= 0.6 is 0 Å². The van der Waals surface area contributed by atoms with E-state index in [1.54, 1.807) is 26.6 Å². The summed E-state index contributed by atoms with van der Waals surface area (Å²) in [6.07, 6.45) is 5.42. The number of aromatic nitrogens is 5. The van der Waals surface area contributed by atoms with Gasteiger partial charge in [-0.05, 0) is 42.0 Å². The number of rotatable bonds is 9. The summed E-state index contributed by atoms with van der Waals surface area (Å²) in [6.45, 7) is 5.18. The molecule has 204 valence electrons. The highest BCUT2D eigenvalue weighted by atomic mass is 16.5. The molecule has 10 heteroatoms. The molecule has 0 spiro atoms. The number of hydrogen-bond acceptors (Lipinski definition) is 9. The van der Waals surface area contributed by atoms with E-state index in [2.05, 4.69) is 50.4 Å². The van der Waals surface area contributed by atoms with Gasteiger partial charge in [-0.15, -0.1) is 5.10 Å². The van der Waals surface area contributed by atoms with Gasteiger partial charge in [0.1, 0.15) is 0 Å². The van der Waals surface area contributed by atoms with Crippen LogP contribution in [-0.2, 0) is 13.1 Å². The lowest BCUT2D eigenvalue weighted by atomic mass is 10.2. The third-order valence-corrected chi connectivity index (χ3v) is 7.16. The highest BCUT2D eigenvalue weighted by Gasteiger charge is 2.21. The fourth-order valence-electron chi connectivity index (χ4n) is 4.99. The van der Waals surface area contributed by atoms with E-state index in [0.29, 0.717) is 29.8 Å². The summed E-state index contributed by atoms with van der Waals surface area (Å²) >= 11 is 0. The maximum atomic E-state index is 5.46. The van der Waals surface area contributed by atoms with Crippen LogP contribution in [0.4, 0.5) is 11.6 Å². The van der Waals surface area contributed by atoms with Gasteiger partial charge >= 0.3 is 0 Å². The van der Waals surface area contributed by atoms with E-state index in [4.69, 9.17) is 24.5 Å². The average molecular weight is 537 g/mol. The summed E-state index contributed by atoms with van der Waals surface area (Å²) in [5.41, 5.74) is 5.05. The van der Waals surface area contributed by atoms with Crippen LogP contribution in [0, 0.1) is 0 Å². The molecule has 4 heterocycles. The third-order valence-electron chi connectivity index (χ3n) is 7.16. The highest BCUT2D eigenvalue weighted by molar-refractivity contribution is 5.61. The molecule has 0 atom stereocenters. The van der Waals surface area contributed by atoms with E-state index >= 15 is 0 Å². The van der Waals surface area contributed by atoms with E-state index in [-0.39, 0.29) is 0 Å².